The number of guanidine groups is 1. The van der Waals surface area contributed by atoms with Crippen LogP contribution in [0.5, 0.6) is 0 Å². The van der Waals surface area contributed by atoms with E-state index in [0.717, 1.165) is 4.90 Å². The van der Waals surface area contributed by atoms with Crippen LogP contribution in [-0.4, -0.2) is 190 Å². The minimum absolute atomic E-state index is 0.0715. The molecule has 0 spiro atoms. The van der Waals surface area contributed by atoms with Crippen LogP contribution in [-0.2, 0) is 42.6 Å². The topological polar surface area (TPSA) is 334 Å². The van der Waals surface area contributed by atoms with Crippen molar-refractivity contribution in [2.75, 3.05) is 26.7 Å². The number of aliphatic imine (C=N–C) groups is 1. The van der Waals surface area contributed by atoms with Gasteiger partial charge < -0.3 is 89.4 Å². The number of likely N-dealkylation sites (N-methyl/N-ethyl adjacent to an activating group) is 1. The Labute approximate surface area is 477 Å². The van der Waals surface area contributed by atoms with Crippen molar-refractivity contribution >= 4 is 42.5 Å². The second-order valence-electron chi connectivity index (χ2n) is 27.6. The van der Waals surface area contributed by atoms with Crippen LogP contribution in [0, 0.1) is 11.8 Å². The molecule has 2 saturated carbocycles. The van der Waals surface area contributed by atoms with Gasteiger partial charge in [-0.05, 0) is 176 Å². The molecule has 11 atom stereocenters. The number of hydrogen-bond donors (Lipinski definition) is 9. The lowest BCUT2D eigenvalue weighted by atomic mass is 9.72. The number of alkyl carbamates (subject to hydrolysis) is 4. The summed E-state index contributed by atoms with van der Waals surface area (Å²) < 4.78 is 52.9. The highest BCUT2D eigenvalue weighted by molar-refractivity contribution is 5.99. The summed E-state index contributed by atoms with van der Waals surface area (Å²) >= 11 is 0. The van der Waals surface area contributed by atoms with Gasteiger partial charge in [0.05, 0.1) is 37.4 Å². The molecule has 4 aliphatic rings. The van der Waals surface area contributed by atoms with Crippen molar-refractivity contribution in [1.82, 2.24) is 36.8 Å². The van der Waals surface area contributed by atoms with Gasteiger partial charge >= 0.3 is 36.6 Å². The van der Waals surface area contributed by atoms with Crippen LogP contribution in [0.1, 0.15) is 157 Å². The average molecular weight is 1160 g/mol. The number of aliphatic hydroxyl groups is 3. The van der Waals surface area contributed by atoms with E-state index in [1.54, 1.807) is 131 Å². The molecule has 26 nitrogen and oxygen atoms in total. The van der Waals surface area contributed by atoms with Crippen molar-refractivity contribution in [2.24, 2.45) is 16.8 Å². The van der Waals surface area contributed by atoms with Crippen LogP contribution in [0.4, 0.5) is 28.8 Å². The smallest absolute Gasteiger partial charge is 0.437 e. The molecule has 4 rings (SSSR count). The number of nitrogens with zero attached hydrogens (tertiary/aromatic N) is 2. The summed E-state index contributed by atoms with van der Waals surface area (Å²) in [5, 5.41) is 54.6. The molecule has 1 saturated heterocycles. The number of hydrogen-bond acceptors (Lipinski definition) is 19. The lowest BCUT2D eigenvalue weighted by Crippen LogP contribution is -2.71. The molecule has 0 radical (unpaired) electrons. The van der Waals surface area contributed by atoms with Gasteiger partial charge in [-0.15, -0.1) is 4.99 Å². The second kappa shape index (κ2) is 26.4. The number of carbonyl (C=O) groups is 6. The molecule has 0 bridgehead atoms. The zero-order chi connectivity index (χ0) is 61.6. The largest absolute Gasteiger partial charge is 0.491 e. The molecule has 464 valence electrons. The van der Waals surface area contributed by atoms with Gasteiger partial charge in [0.1, 0.15) is 63.3 Å². The third-order valence-corrected chi connectivity index (χ3v) is 12.6. The first kappa shape index (κ1) is 68.1. The average Bonchev–Trinajstić information content (AvgIpc) is 3.21. The lowest BCUT2D eigenvalue weighted by molar-refractivity contribution is -0.305. The van der Waals surface area contributed by atoms with Crippen LogP contribution in [0.3, 0.4) is 0 Å². The van der Waals surface area contributed by atoms with Crippen LogP contribution in [0.15, 0.2) is 16.8 Å². The van der Waals surface area contributed by atoms with Gasteiger partial charge in [-0.1, -0.05) is 0 Å². The number of amides is 6. The molecule has 6 amide bonds. The van der Waals surface area contributed by atoms with Gasteiger partial charge in [-0.2, -0.15) is 0 Å². The summed E-state index contributed by atoms with van der Waals surface area (Å²) in [5.74, 6) is -1.14. The van der Waals surface area contributed by atoms with Crippen LogP contribution >= 0.6 is 0 Å². The second-order valence-corrected chi connectivity index (χ2v) is 27.6. The van der Waals surface area contributed by atoms with E-state index in [1.807, 2.05) is 0 Å². The van der Waals surface area contributed by atoms with Gasteiger partial charge in [0.25, 0.3) is 0 Å². The number of aliphatic hydroxyl groups excluding tert-OH is 2. The Morgan fingerprint density at radius 2 is 1.15 bits per heavy atom. The Bertz CT molecular complexity index is 2250. The molecule has 2 heterocycles. The van der Waals surface area contributed by atoms with Crippen molar-refractivity contribution in [3.8, 4) is 0 Å². The Balaban J connectivity index is 1.85. The summed E-state index contributed by atoms with van der Waals surface area (Å²) in [6.07, 6.45) is -10.5. The fourth-order valence-corrected chi connectivity index (χ4v) is 9.63. The van der Waals surface area contributed by atoms with Crippen molar-refractivity contribution in [1.29, 1.82) is 0 Å². The number of carbonyl (C=O) groups excluding carboxylic acids is 6. The zero-order valence-corrected chi connectivity index (χ0v) is 51.3. The quantitative estimate of drug-likeness (QED) is 0.0654. The molecule has 0 aromatic heterocycles. The van der Waals surface area contributed by atoms with Gasteiger partial charge in [0, 0.05) is 25.0 Å². The van der Waals surface area contributed by atoms with E-state index in [4.69, 9.17) is 42.6 Å². The minimum Gasteiger partial charge on any atom is -0.491 e. The molecule has 2 aliphatic carbocycles. The summed E-state index contributed by atoms with van der Waals surface area (Å²) in [6.45, 7) is 31.7. The minimum atomic E-state index is -1.87. The normalized spacial score (nSPS) is 29.4. The third kappa shape index (κ3) is 22.7. The predicted octanol–water partition coefficient (Wildman–Crippen LogP) is 5.58. The van der Waals surface area contributed by atoms with E-state index in [2.05, 4.69) is 36.9 Å². The predicted molar refractivity (Wildman–Crippen MR) is 296 cm³/mol. The molecule has 9 N–H and O–H groups in total. The van der Waals surface area contributed by atoms with Crippen molar-refractivity contribution < 1.29 is 86.7 Å². The van der Waals surface area contributed by atoms with E-state index < -0.39 is 149 Å². The standard InChI is InChI=1S/C55H96N8O18/c1-49(2,3)76-43(66)57-30-23-29(24-30)26-56-27-31-21-22-32(58-42(61-46(69)79-52(10,11)12)62-47(70)80-53(13,14)15)38(74-31)35-33(59-44(67)77-50(4,5)6)25-34(60-45(68)78-51(7,8)9)39(36(35)64)75-41-37(65)40(55(19,72)28-73-41)63(20)48(71)81-54(16,17)18/h21,29-30,32-41,56,64-65,72H,22-28H2,1-20H3,(H,57,66)(H,59,67)(H,60,68)(H2,58,61,62,69,70)/t29-,30-,32-,33+,34-,35-,36+,37-,38?,39+,40-,41-,55+/m1/s1. The highest BCUT2D eigenvalue weighted by Crippen LogP contribution is 2.39. The summed E-state index contributed by atoms with van der Waals surface area (Å²) in [4.78, 5) is 85.6. The Morgan fingerprint density at radius 1 is 0.654 bits per heavy atom. The van der Waals surface area contributed by atoms with Gasteiger partial charge in [0.2, 0.25) is 5.96 Å². The van der Waals surface area contributed by atoms with E-state index in [9.17, 15) is 44.1 Å². The molecule has 3 fully saturated rings. The van der Waals surface area contributed by atoms with Crippen LogP contribution < -0.4 is 31.9 Å². The van der Waals surface area contributed by atoms with Crippen molar-refractivity contribution in [3.05, 3.63) is 11.8 Å². The molecule has 26 heteroatoms. The summed E-state index contributed by atoms with van der Waals surface area (Å²) in [7, 11) is 1.34. The molecule has 81 heavy (non-hydrogen) atoms. The van der Waals surface area contributed by atoms with E-state index in [-0.39, 0.29) is 31.3 Å². The summed E-state index contributed by atoms with van der Waals surface area (Å²) in [5.41, 5.74) is -7.48. The van der Waals surface area contributed by atoms with Crippen LogP contribution in [0.2, 0.25) is 0 Å². The first-order valence-electron chi connectivity index (χ1n) is 27.7. The number of nitrogens with one attached hydrogen (secondary N) is 6. The first-order chi connectivity index (χ1) is 36.8. The highest BCUT2D eigenvalue weighted by Gasteiger charge is 2.57. The Morgan fingerprint density at radius 3 is 1.67 bits per heavy atom. The van der Waals surface area contributed by atoms with Crippen LogP contribution in [0.25, 0.3) is 0 Å². The summed E-state index contributed by atoms with van der Waals surface area (Å²) in [6, 6.07) is -4.95. The van der Waals surface area contributed by atoms with Gasteiger partial charge in [-0.25, -0.2) is 28.8 Å². The lowest BCUT2D eigenvalue weighted by Gasteiger charge is -2.52. The maximum absolute atomic E-state index is 14.0. The maximum Gasteiger partial charge on any atom is 0.437 e. The van der Waals surface area contributed by atoms with E-state index in [0.29, 0.717) is 25.1 Å². The molecule has 1 unspecified atom stereocenters. The monoisotopic (exact) mass is 1160 g/mol. The fourth-order valence-electron chi connectivity index (χ4n) is 9.63. The molecular formula is C55H96N8O18. The molecule has 0 aromatic carbocycles. The first-order valence-corrected chi connectivity index (χ1v) is 27.7. The van der Waals surface area contributed by atoms with Crippen molar-refractivity contribution in [3.63, 3.8) is 0 Å². The molecule has 0 aromatic rings. The molecular weight excluding hydrogens is 1060 g/mol. The highest BCUT2D eigenvalue weighted by atomic mass is 16.7. The SMILES string of the molecule is CN(C(=O)OC(C)(C)C)[C@@H]1[C@@H](O)[C@@H](O[C@@H]2[C@@H](O)[C@H](C3OC(CNC[C@H]4C[C@H](NC(=O)OC(C)(C)C)C4)=CC[C@H]3N/C(=N/C(=O)OC(C)(C)C)NC(=O)OC(C)(C)C)[C@@H](NC(=O)OC(C)(C)C)C[C@H]2NC(=O)OC(C)(C)C)OC[C@]1(C)O. The van der Waals surface area contributed by atoms with Gasteiger partial charge in [0.15, 0.2) is 6.29 Å². The van der Waals surface area contributed by atoms with E-state index in [1.165, 1.54) is 14.0 Å². The fraction of sp³-hybridized carbons (Fsp3) is 0.836. The maximum atomic E-state index is 14.0. The zero-order valence-electron chi connectivity index (χ0n) is 51.3. The van der Waals surface area contributed by atoms with Gasteiger partial charge in [-0.3, -0.25) is 5.32 Å². The Hall–Kier alpha value is -5.41. The van der Waals surface area contributed by atoms with Crippen molar-refractivity contribution in [2.45, 2.75) is 257 Å². The van der Waals surface area contributed by atoms with E-state index >= 15 is 0 Å². The molecule has 2 aliphatic heterocycles. The third-order valence-electron chi connectivity index (χ3n) is 12.6. The number of ether oxygens (including phenoxy) is 9. The Kier molecular flexibility index (Phi) is 22.2. The number of rotatable bonds is 12.